The van der Waals surface area contributed by atoms with Crippen LogP contribution in [0.5, 0.6) is 0 Å². The van der Waals surface area contributed by atoms with Gasteiger partial charge < -0.3 is 14.7 Å². The molecule has 0 aliphatic carbocycles. The van der Waals surface area contributed by atoms with E-state index in [1.165, 1.54) is 0 Å². The predicted molar refractivity (Wildman–Crippen MR) is 63.7 cm³/mol. The van der Waals surface area contributed by atoms with Gasteiger partial charge in [0.25, 0.3) is 0 Å². The van der Waals surface area contributed by atoms with E-state index in [-0.39, 0.29) is 6.42 Å². The SMILES string of the molecule is Cc1nc(-c2ccn(C)c2)c(CCC(=O)O)[nH]1. The third-order valence-electron chi connectivity index (χ3n) is 2.59. The van der Waals surface area contributed by atoms with E-state index >= 15 is 0 Å². The Bertz CT molecular complexity index is 540. The molecule has 5 heteroatoms. The van der Waals surface area contributed by atoms with Crippen molar-refractivity contribution in [3.05, 3.63) is 30.0 Å². The van der Waals surface area contributed by atoms with Crippen LogP contribution in [0.1, 0.15) is 17.9 Å². The van der Waals surface area contributed by atoms with Crippen LogP contribution < -0.4 is 0 Å². The number of carboxylic acid groups (broad SMARTS) is 1. The Labute approximate surface area is 99.1 Å². The van der Waals surface area contributed by atoms with Gasteiger partial charge in [0, 0.05) is 37.1 Å². The molecule has 0 radical (unpaired) electrons. The molecule has 17 heavy (non-hydrogen) atoms. The smallest absolute Gasteiger partial charge is 0.303 e. The number of aryl methyl sites for hydroxylation is 3. The Morgan fingerprint density at radius 1 is 1.59 bits per heavy atom. The highest BCUT2D eigenvalue weighted by molar-refractivity contribution is 5.68. The normalized spacial score (nSPS) is 10.7. The molecule has 2 N–H and O–H groups in total. The van der Waals surface area contributed by atoms with Gasteiger partial charge in [-0.3, -0.25) is 4.79 Å². The van der Waals surface area contributed by atoms with Crippen LogP contribution in [0.25, 0.3) is 11.3 Å². The lowest BCUT2D eigenvalue weighted by atomic mass is 10.1. The van der Waals surface area contributed by atoms with Crippen LogP contribution in [0.3, 0.4) is 0 Å². The number of aromatic nitrogens is 3. The van der Waals surface area contributed by atoms with Crippen LogP contribution in [0.4, 0.5) is 0 Å². The molecule has 2 rings (SSSR count). The van der Waals surface area contributed by atoms with E-state index in [2.05, 4.69) is 9.97 Å². The van der Waals surface area contributed by atoms with Gasteiger partial charge in [-0.15, -0.1) is 0 Å². The number of carbonyl (C=O) groups is 1. The van der Waals surface area contributed by atoms with Crippen molar-refractivity contribution in [2.24, 2.45) is 7.05 Å². The molecule has 2 aromatic heterocycles. The van der Waals surface area contributed by atoms with Crippen molar-refractivity contribution in [2.75, 3.05) is 0 Å². The molecule has 0 bridgehead atoms. The summed E-state index contributed by atoms with van der Waals surface area (Å²) in [5.41, 5.74) is 2.75. The van der Waals surface area contributed by atoms with Crippen molar-refractivity contribution in [3.63, 3.8) is 0 Å². The number of hydrogen-bond donors (Lipinski definition) is 2. The summed E-state index contributed by atoms with van der Waals surface area (Å²) in [5, 5.41) is 8.71. The number of hydrogen-bond acceptors (Lipinski definition) is 2. The largest absolute Gasteiger partial charge is 0.481 e. The molecule has 0 saturated heterocycles. The highest BCUT2D eigenvalue weighted by atomic mass is 16.4. The summed E-state index contributed by atoms with van der Waals surface area (Å²) in [6, 6.07) is 1.97. The first-order valence-corrected chi connectivity index (χ1v) is 5.46. The van der Waals surface area contributed by atoms with E-state index in [9.17, 15) is 4.79 Å². The summed E-state index contributed by atoms with van der Waals surface area (Å²) in [5.74, 6) is 0.0144. The van der Waals surface area contributed by atoms with Crippen molar-refractivity contribution in [1.82, 2.24) is 14.5 Å². The second kappa shape index (κ2) is 4.45. The van der Waals surface area contributed by atoms with Gasteiger partial charge in [-0.1, -0.05) is 0 Å². The minimum Gasteiger partial charge on any atom is -0.481 e. The summed E-state index contributed by atoms with van der Waals surface area (Å²) in [6.07, 6.45) is 4.50. The highest BCUT2D eigenvalue weighted by Crippen LogP contribution is 2.22. The van der Waals surface area contributed by atoms with Crippen LogP contribution in [-0.4, -0.2) is 25.6 Å². The molecular formula is C12H15N3O2. The lowest BCUT2D eigenvalue weighted by molar-refractivity contribution is -0.136. The van der Waals surface area contributed by atoms with Gasteiger partial charge in [-0.25, -0.2) is 4.98 Å². The average Bonchev–Trinajstić information content (AvgIpc) is 2.81. The van der Waals surface area contributed by atoms with Crippen molar-refractivity contribution < 1.29 is 9.90 Å². The summed E-state index contributed by atoms with van der Waals surface area (Å²) in [4.78, 5) is 18.1. The van der Waals surface area contributed by atoms with E-state index in [4.69, 9.17) is 5.11 Å². The van der Waals surface area contributed by atoms with E-state index < -0.39 is 5.97 Å². The predicted octanol–water partition coefficient (Wildman–Crippen LogP) is 1.74. The molecular weight excluding hydrogens is 218 g/mol. The maximum absolute atomic E-state index is 10.6. The number of H-pyrrole nitrogens is 1. The fourth-order valence-corrected chi connectivity index (χ4v) is 1.84. The maximum Gasteiger partial charge on any atom is 0.303 e. The standard InChI is InChI=1S/C12H15N3O2/c1-8-13-10(3-4-11(16)17)12(14-8)9-5-6-15(2)7-9/h5-7H,3-4H2,1-2H3,(H,13,14)(H,16,17). The van der Waals surface area contributed by atoms with Gasteiger partial charge in [-0.2, -0.15) is 0 Å². The number of nitrogens with one attached hydrogen (secondary N) is 1. The van der Waals surface area contributed by atoms with E-state index in [0.29, 0.717) is 6.42 Å². The Kier molecular flexibility index (Phi) is 2.99. The maximum atomic E-state index is 10.6. The lowest BCUT2D eigenvalue weighted by Gasteiger charge is -1.98. The van der Waals surface area contributed by atoms with Crippen molar-refractivity contribution in [2.45, 2.75) is 19.8 Å². The Balaban J connectivity index is 2.30. The van der Waals surface area contributed by atoms with Crippen LogP contribution in [0, 0.1) is 6.92 Å². The van der Waals surface area contributed by atoms with Crippen LogP contribution in [0.2, 0.25) is 0 Å². The fraction of sp³-hybridized carbons (Fsp3) is 0.333. The Morgan fingerprint density at radius 3 is 2.94 bits per heavy atom. The van der Waals surface area contributed by atoms with Crippen LogP contribution in [-0.2, 0) is 18.3 Å². The van der Waals surface area contributed by atoms with E-state index in [0.717, 1.165) is 22.8 Å². The molecule has 5 nitrogen and oxygen atoms in total. The van der Waals surface area contributed by atoms with Crippen molar-refractivity contribution >= 4 is 5.97 Å². The summed E-state index contributed by atoms with van der Waals surface area (Å²) < 4.78 is 1.94. The molecule has 0 spiro atoms. The zero-order valence-electron chi connectivity index (χ0n) is 9.90. The first kappa shape index (κ1) is 11.4. The Morgan fingerprint density at radius 2 is 2.35 bits per heavy atom. The molecule has 2 heterocycles. The first-order chi connectivity index (χ1) is 8.06. The van der Waals surface area contributed by atoms with Gasteiger partial charge >= 0.3 is 5.97 Å². The summed E-state index contributed by atoms with van der Waals surface area (Å²) in [6.45, 7) is 1.87. The van der Waals surface area contributed by atoms with Gasteiger partial charge in [0.15, 0.2) is 0 Å². The second-order valence-corrected chi connectivity index (χ2v) is 4.11. The molecule has 0 aliphatic rings. The Hall–Kier alpha value is -2.04. The van der Waals surface area contributed by atoms with Gasteiger partial charge in [0.2, 0.25) is 0 Å². The van der Waals surface area contributed by atoms with Gasteiger partial charge in [0.1, 0.15) is 5.82 Å². The van der Waals surface area contributed by atoms with Crippen molar-refractivity contribution in [1.29, 1.82) is 0 Å². The molecule has 0 aromatic carbocycles. The number of carboxylic acids is 1. The number of aliphatic carboxylic acids is 1. The topological polar surface area (TPSA) is 70.9 Å². The zero-order chi connectivity index (χ0) is 12.4. The van der Waals surface area contributed by atoms with E-state index in [1.807, 2.05) is 37.0 Å². The first-order valence-electron chi connectivity index (χ1n) is 5.46. The number of rotatable bonds is 4. The van der Waals surface area contributed by atoms with Crippen molar-refractivity contribution in [3.8, 4) is 11.3 Å². The molecule has 0 fully saturated rings. The van der Waals surface area contributed by atoms with Crippen LogP contribution in [0.15, 0.2) is 18.5 Å². The average molecular weight is 233 g/mol. The fourth-order valence-electron chi connectivity index (χ4n) is 1.84. The third kappa shape index (κ3) is 2.55. The summed E-state index contributed by atoms with van der Waals surface area (Å²) in [7, 11) is 1.94. The minimum atomic E-state index is -0.795. The van der Waals surface area contributed by atoms with Crippen LogP contribution >= 0.6 is 0 Å². The van der Waals surface area contributed by atoms with E-state index in [1.54, 1.807) is 0 Å². The molecule has 0 saturated carbocycles. The third-order valence-corrected chi connectivity index (χ3v) is 2.59. The zero-order valence-corrected chi connectivity index (χ0v) is 9.90. The number of aromatic amines is 1. The molecule has 0 aliphatic heterocycles. The lowest BCUT2D eigenvalue weighted by Crippen LogP contribution is -1.98. The quantitative estimate of drug-likeness (QED) is 0.845. The number of nitrogens with zero attached hydrogens (tertiary/aromatic N) is 2. The second-order valence-electron chi connectivity index (χ2n) is 4.11. The molecule has 0 atom stereocenters. The summed E-state index contributed by atoms with van der Waals surface area (Å²) >= 11 is 0. The van der Waals surface area contributed by atoms with Gasteiger partial charge in [0.05, 0.1) is 12.1 Å². The monoisotopic (exact) mass is 233 g/mol. The molecule has 90 valence electrons. The minimum absolute atomic E-state index is 0.113. The highest BCUT2D eigenvalue weighted by Gasteiger charge is 2.12. The van der Waals surface area contributed by atoms with Gasteiger partial charge in [-0.05, 0) is 13.0 Å². The number of imidazole rings is 1. The molecule has 0 amide bonds. The molecule has 2 aromatic rings. The molecule has 0 unspecified atom stereocenters.